The van der Waals surface area contributed by atoms with Gasteiger partial charge in [-0.1, -0.05) is 12.1 Å². The maximum Gasteiger partial charge on any atom is 0.409 e. The lowest BCUT2D eigenvalue weighted by Crippen LogP contribution is -2.49. The number of methoxy groups -OCH3 is 1. The van der Waals surface area contributed by atoms with E-state index in [1.807, 2.05) is 29.1 Å². The highest BCUT2D eigenvalue weighted by atomic mass is 16.5. The van der Waals surface area contributed by atoms with Gasteiger partial charge in [0.05, 0.1) is 19.3 Å². The van der Waals surface area contributed by atoms with E-state index >= 15 is 0 Å². The van der Waals surface area contributed by atoms with Gasteiger partial charge in [0.25, 0.3) is 0 Å². The van der Waals surface area contributed by atoms with E-state index in [4.69, 9.17) is 9.73 Å². The molecule has 0 radical (unpaired) electrons. The Balaban J connectivity index is 1.59. The Morgan fingerprint density at radius 2 is 2.14 bits per heavy atom. The highest BCUT2D eigenvalue weighted by Crippen LogP contribution is 2.12. The molecule has 1 aliphatic rings. The van der Waals surface area contributed by atoms with Crippen molar-refractivity contribution in [3.63, 3.8) is 0 Å². The van der Waals surface area contributed by atoms with Crippen molar-refractivity contribution in [2.45, 2.75) is 32.4 Å². The molecule has 1 fully saturated rings. The summed E-state index contributed by atoms with van der Waals surface area (Å²) in [6.07, 6.45) is 5.18. The van der Waals surface area contributed by atoms with E-state index in [0.717, 1.165) is 36.6 Å². The maximum atomic E-state index is 11.6. The summed E-state index contributed by atoms with van der Waals surface area (Å²) in [4.78, 5) is 18.1. The summed E-state index contributed by atoms with van der Waals surface area (Å²) >= 11 is 0. The molecule has 150 valence electrons. The summed E-state index contributed by atoms with van der Waals surface area (Å²) in [5.74, 6) is 0.795. The van der Waals surface area contributed by atoms with Gasteiger partial charge in [-0.25, -0.2) is 14.5 Å². The fraction of sp³-hybridized carbons (Fsp3) is 0.450. The first-order valence-electron chi connectivity index (χ1n) is 9.66. The molecule has 1 aromatic carbocycles. The molecule has 1 aromatic heterocycles. The summed E-state index contributed by atoms with van der Waals surface area (Å²) < 4.78 is 6.63. The SMILES string of the molecule is CCNC(=NCc1cccc(-n2cccn2)c1)NC1CCN(C(=O)OC)CC1. The van der Waals surface area contributed by atoms with E-state index in [0.29, 0.717) is 19.6 Å². The number of benzene rings is 1. The van der Waals surface area contributed by atoms with Crippen LogP contribution in [0.4, 0.5) is 4.79 Å². The standard InChI is InChI=1S/C20H28N6O2/c1-3-21-19(24-17-8-12-25(13-9-17)20(27)28-2)22-15-16-6-4-7-18(14-16)26-11-5-10-23-26/h4-7,10-11,14,17H,3,8-9,12-13,15H2,1-2H3,(H2,21,22,24). The van der Waals surface area contributed by atoms with E-state index in [1.165, 1.54) is 7.11 Å². The Morgan fingerprint density at radius 1 is 1.32 bits per heavy atom. The van der Waals surface area contributed by atoms with E-state index < -0.39 is 0 Å². The molecule has 0 unspecified atom stereocenters. The lowest BCUT2D eigenvalue weighted by Gasteiger charge is -2.32. The number of piperidine rings is 1. The van der Waals surface area contributed by atoms with Gasteiger partial charge in [-0.3, -0.25) is 0 Å². The summed E-state index contributed by atoms with van der Waals surface area (Å²) in [5.41, 5.74) is 2.14. The fourth-order valence-electron chi connectivity index (χ4n) is 3.24. The molecule has 28 heavy (non-hydrogen) atoms. The van der Waals surface area contributed by atoms with Crippen molar-refractivity contribution in [1.29, 1.82) is 0 Å². The number of carbonyl (C=O) groups is 1. The summed E-state index contributed by atoms with van der Waals surface area (Å²) in [7, 11) is 1.42. The highest BCUT2D eigenvalue weighted by molar-refractivity contribution is 5.80. The Bertz CT molecular complexity index is 782. The number of carbonyl (C=O) groups excluding carboxylic acids is 1. The van der Waals surface area contributed by atoms with Crippen LogP contribution >= 0.6 is 0 Å². The smallest absolute Gasteiger partial charge is 0.409 e. The van der Waals surface area contributed by atoms with Gasteiger partial charge < -0.3 is 20.3 Å². The number of rotatable bonds is 5. The Hall–Kier alpha value is -3.03. The van der Waals surface area contributed by atoms with Crippen molar-refractivity contribution in [3.05, 3.63) is 48.3 Å². The van der Waals surface area contributed by atoms with E-state index in [1.54, 1.807) is 11.1 Å². The molecule has 2 aromatic rings. The lowest BCUT2D eigenvalue weighted by atomic mass is 10.1. The number of nitrogens with one attached hydrogen (secondary N) is 2. The predicted octanol–water partition coefficient (Wildman–Crippen LogP) is 2.16. The molecule has 1 aliphatic heterocycles. The molecule has 0 aliphatic carbocycles. The van der Waals surface area contributed by atoms with Crippen molar-refractivity contribution in [1.82, 2.24) is 25.3 Å². The quantitative estimate of drug-likeness (QED) is 0.610. The van der Waals surface area contributed by atoms with Crippen LogP contribution in [0.5, 0.6) is 0 Å². The minimum atomic E-state index is -0.254. The largest absolute Gasteiger partial charge is 0.453 e. The third-order valence-corrected chi connectivity index (χ3v) is 4.71. The molecule has 0 atom stereocenters. The zero-order chi connectivity index (χ0) is 19.8. The topological polar surface area (TPSA) is 83.8 Å². The maximum absolute atomic E-state index is 11.6. The van der Waals surface area contributed by atoms with Crippen molar-refractivity contribution in [2.24, 2.45) is 4.99 Å². The number of likely N-dealkylation sites (tertiary alicyclic amines) is 1. The van der Waals surface area contributed by atoms with Gasteiger partial charge in [0, 0.05) is 38.1 Å². The van der Waals surface area contributed by atoms with Crippen LogP contribution in [0.1, 0.15) is 25.3 Å². The molecule has 8 heteroatoms. The van der Waals surface area contributed by atoms with E-state index in [9.17, 15) is 4.79 Å². The third-order valence-electron chi connectivity index (χ3n) is 4.71. The summed E-state index contributed by atoms with van der Waals surface area (Å²) in [6.45, 7) is 4.80. The molecular formula is C20H28N6O2. The zero-order valence-electron chi connectivity index (χ0n) is 16.5. The number of amides is 1. The zero-order valence-corrected chi connectivity index (χ0v) is 16.5. The fourth-order valence-corrected chi connectivity index (χ4v) is 3.24. The average molecular weight is 384 g/mol. The molecular weight excluding hydrogens is 356 g/mol. The lowest BCUT2D eigenvalue weighted by molar-refractivity contribution is 0.111. The third kappa shape index (κ3) is 5.25. The monoisotopic (exact) mass is 384 g/mol. The van der Waals surface area contributed by atoms with E-state index in [2.05, 4.69) is 34.8 Å². The molecule has 0 bridgehead atoms. The van der Waals surface area contributed by atoms with Crippen LogP contribution in [0.25, 0.3) is 5.69 Å². The van der Waals surface area contributed by atoms with Gasteiger partial charge >= 0.3 is 6.09 Å². The average Bonchev–Trinajstić information content (AvgIpc) is 3.27. The molecule has 1 amide bonds. The van der Waals surface area contributed by atoms with Gasteiger partial charge in [0.2, 0.25) is 0 Å². The van der Waals surface area contributed by atoms with Crippen LogP contribution in [-0.4, -0.2) is 59.5 Å². The minimum Gasteiger partial charge on any atom is -0.453 e. The second-order valence-electron chi connectivity index (χ2n) is 6.69. The predicted molar refractivity (Wildman–Crippen MR) is 109 cm³/mol. The highest BCUT2D eigenvalue weighted by Gasteiger charge is 2.23. The number of aromatic nitrogens is 2. The van der Waals surface area contributed by atoms with Crippen LogP contribution in [-0.2, 0) is 11.3 Å². The Kier molecular flexibility index (Phi) is 6.89. The molecule has 8 nitrogen and oxygen atoms in total. The number of hydrogen-bond donors (Lipinski definition) is 2. The number of guanidine groups is 1. The van der Waals surface area contributed by atoms with Gasteiger partial charge in [0.15, 0.2) is 5.96 Å². The normalized spacial score (nSPS) is 15.4. The van der Waals surface area contributed by atoms with E-state index in [-0.39, 0.29) is 12.1 Å². The Labute approximate surface area is 165 Å². The number of ether oxygens (including phenoxy) is 1. The van der Waals surface area contributed by atoms with Crippen LogP contribution in [0, 0.1) is 0 Å². The molecule has 1 saturated heterocycles. The molecule has 0 spiro atoms. The van der Waals surface area contributed by atoms with Crippen molar-refractivity contribution in [3.8, 4) is 5.69 Å². The number of nitrogens with zero attached hydrogens (tertiary/aromatic N) is 4. The van der Waals surface area contributed by atoms with Crippen molar-refractivity contribution < 1.29 is 9.53 Å². The van der Waals surface area contributed by atoms with Gasteiger partial charge in [-0.05, 0) is 43.5 Å². The van der Waals surface area contributed by atoms with Crippen LogP contribution < -0.4 is 10.6 Å². The van der Waals surface area contributed by atoms with Crippen LogP contribution in [0.15, 0.2) is 47.7 Å². The molecule has 0 saturated carbocycles. The summed E-state index contributed by atoms with van der Waals surface area (Å²) in [5, 5.41) is 11.1. The van der Waals surface area contributed by atoms with Crippen LogP contribution in [0.3, 0.4) is 0 Å². The summed E-state index contributed by atoms with van der Waals surface area (Å²) in [6, 6.07) is 10.4. The minimum absolute atomic E-state index is 0.254. The molecule has 3 rings (SSSR count). The van der Waals surface area contributed by atoms with Gasteiger partial charge in [0.1, 0.15) is 0 Å². The Morgan fingerprint density at radius 3 is 2.82 bits per heavy atom. The molecule has 2 N–H and O–H groups in total. The first-order valence-corrected chi connectivity index (χ1v) is 9.66. The van der Waals surface area contributed by atoms with Gasteiger partial charge in [-0.15, -0.1) is 0 Å². The molecule has 2 heterocycles. The first kappa shape index (κ1) is 19.7. The van der Waals surface area contributed by atoms with Gasteiger partial charge in [-0.2, -0.15) is 5.10 Å². The number of aliphatic imine (C=N–C) groups is 1. The number of hydrogen-bond acceptors (Lipinski definition) is 4. The van der Waals surface area contributed by atoms with Crippen molar-refractivity contribution >= 4 is 12.1 Å². The first-order chi connectivity index (χ1) is 13.7. The second kappa shape index (κ2) is 9.77. The van der Waals surface area contributed by atoms with Crippen LogP contribution in [0.2, 0.25) is 0 Å². The second-order valence-corrected chi connectivity index (χ2v) is 6.69. The van der Waals surface area contributed by atoms with Crippen molar-refractivity contribution in [2.75, 3.05) is 26.7 Å².